The number of oxazole rings is 1. The zero-order valence-electron chi connectivity index (χ0n) is 12.2. The molecule has 2 heterocycles. The second-order valence-electron chi connectivity index (χ2n) is 5.61. The van der Waals surface area contributed by atoms with E-state index in [-0.39, 0.29) is 5.92 Å². The maximum atomic E-state index is 11.0. The third-order valence-electron chi connectivity index (χ3n) is 4.09. The molecule has 2 aromatic rings. The Morgan fingerprint density at radius 1 is 1.43 bits per heavy atom. The van der Waals surface area contributed by atoms with Gasteiger partial charge in [0.05, 0.1) is 5.92 Å². The number of hydrogen-bond donors (Lipinski definition) is 1. The molecule has 1 fully saturated rings. The van der Waals surface area contributed by atoms with Gasteiger partial charge in [0.25, 0.3) is 0 Å². The second-order valence-corrected chi connectivity index (χ2v) is 5.61. The van der Waals surface area contributed by atoms with Crippen molar-refractivity contribution in [1.82, 2.24) is 4.98 Å². The van der Waals surface area contributed by atoms with Crippen LogP contribution in [-0.4, -0.2) is 29.1 Å². The maximum Gasteiger partial charge on any atom is 0.306 e. The molecule has 0 aliphatic carbocycles. The zero-order chi connectivity index (χ0) is 14.8. The first-order valence-corrected chi connectivity index (χ1v) is 7.54. The Bertz CT molecular complexity index is 642. The molecule has 0 saturated carbocycles. The molecule has 5 nitrogen and oxygen atoms in total. The van der Waals surface area contributed by atoms with E-state index in [1.165, 1.54) is 0 Å². The van der Waals surface area contributed by atoms with Gasteiger partial charge in [-0.15, -0.1) is 0 Å². The molecule has 1 aromatic heterocycles. The summed E-state index contributed by atoms with van der Waals surface area (Å²) in [4.78, 5) is 17.7. The van der Waals surface area contributed by atoms with Crippen LogP contribution in [0.5, 0.6) is 0 Å². The van der Waals surface area contributed by atoms with Crippen molar-refractivity contribution in [1.29, 1.82) is 0 Å². The molecule has 0 atom stereocenters. The Labute approximate surface area is 123 Å². The Morgan fingerprint density at radius 3 is 2.86 bits per heavy atom. The predicted octanol–water partition coefficient (Wildman–Crippen LogP) is 3.08. The van der Waals surface area contributed by atoms with Gasteiger partial charge in [0, 0.05) is 25.2 Å². The van der Waals surface area contributed by atoms with Crippen LogP contribution in [0.4, 0.5) is 5.69 Å². The van der Waals surface area contributed by atoms with Crippen molar-refractivity contribution in [3.05, 3.63) is 24.1 Å². The van der Waals surface area contributed by atoms with Crippen molar-refractivity contribution in [3.63, 3.8) is 0 Å². The van der Waals surface area contributed by atoms with Crippen LogP contribution in [0.3, 0.4) is 0 Å². The number of benzene rings is 1. The van der Waals surface area contributed by atoms with E-state index in [9.17, 15) is 4.79 Å². The van der Waals surface area contributed by atoms with Gasteiger partial charge < -0.3 is 14.4 Å². The standard InChI is InChI=1S/C16H20N2O3/c1-2-3-15-17-13-10-12(4-5-14(13)21-15)18-8-6-11(7-9-18)16(19)20/h4-5,10-11H,2-3,6-9H2,1H3,(H,19,20). The highest BCUT2D eigenvalue weighted by Gasteiger charge is 2.24. The number of nitrogens with zero attached hydrogens (tertiary/aromatic N) is 2. The highest BCUT2D eigenvalue weighted by atomic mass is 16.4. The number of piperidine rings is 1. The molecule has 3 rings (SSSR count). The normalized spacial score (nSPS) is 16.5. The molecule has 1 aromatic carbocycles. The molecule has 0 amide bonds. The molecular weight excluding hydrogens is 268 g/mol. The summed E-state index contributed by atoms with van der Waals surface area (Å²) in [7, 11) is 0. The van der Waals surface area contributed by atoms with E-state index >= 15 is 0 Å². The SMILES string of the molecule is CCCc1nc2cc(N3CCC(C(=O)O)CC3)ccc2o1. The van der Waals surface area contributed by atoms with Crippen LogP contribution >= 0.6 is 0 Å². The minimum atomic E-state index is -0.675. The van der Waals surface area contributed by atoms with Crippen molar-refractivity contribution in [2.24, 2.45) is 5.92 Å². The lowest BCUT2D eigenvalue weighted by molar-refractivity contribution is -0.142. The van der Waals surface area contributed by atoms with Gasteiger partial charge in [-0.25, -0.2) is 4.98 Å². The highest BCUT2D eigenvalue weighted by Crippen LogP contribution is 2.27. The maximum absolute atomic E-state index is 11.0. The Hall–Kier alpha value is -2.04. The van der Waals surface area contributed by atoms with E-state index in [0.29, 0.717) is 12.8 Å². The number of hydrogen-bond acceptors (Lipinski definition) is 4. The largest absolute Gasteiger partial charge is 0.481 e. The van der Waals surface area contributed by atoms with Crippen LogP contribution in [0.15, 0.2) is 22.6 Å². The summed E-state index contributed by atoms with van der Waals surface area (Å²) in [6.07, 6.45) is 3.27. The Kier molecular flexibility index (Phi) is 3.82. The van der Waals surface area contributed by atoms with Crippen LogP contribution in [0, 0.1) is 5.92 Å². The summed E-state index contributed by atoms with van der Waals surface area (Å²) in [5.74, 6) is -0.0896. The number of carboxylic acids is 1. The lowest BCUT2D eigenvalue weighted by Crippen LogP contribution is -2.36. The first-order chi connectivity index (χ1) is 10.2. The van der Waals surface area contributed by atoms with Gasteiger partial charge in [0.15, 0.2) is 11.5 Å². The highest BCUT2D eigenvalue weighted by molar-refractivity contribution is 5.78. The summed E-state index contributed by atoms with van der Waals surface area (Å²) in [5, 5.41) is 9.05. The van der Waals surface area contributed by atoms with Crippen LogP contribution in [0.25, 0.3) is 11.1 Å². The number of carbonyl (C=O) groups is 1. The van der Waals surface area contributed by atoms with E-state index < -0.39 is 5.97 Å². The average molecular weight is 288 g/mol. The van der Waals surface area contributed by atoms with Crippen molar-refractivity contribution < 1.29 is 14.3 Å². The zero-order valence-corrected chi connectivity index (χ0v) is 12.2. The van der Waals surface area contributed by atoms with E-state index in [1.54, 1.807) is 0 Å². The minimum absolute atomic E-state index is 0.201. The van der Waals surface area contributed by atoms with Gasteiger partial charge >= 0.3 is 5.97 Å². The third kappa shape index (κ3) is 2.86. The Morgan fingerprint density at radius 2 is 2.19 bits per heavy atom. The third-order valence-corrected chi connectivity index (χ3v) is 4.09. The molecule has 0 bridgehead atoms. The van der Waals surface area contributed by atoms with Crippen molar-refractivity contribution in [2.75, 3.05) is 18.0 Å². The smallest absolute Gasteiger partial charge is 0.306 e. The topological polar surface area (TPSA) is 66.6 Å². The molecule has 1 N–H and O–H groups in total. The fraction of sp³-hybridized carbons (Fsp3) is 0.500. The molecule has 1 aliphatic heterocycles. The second kappa shape index (κ2) is 5.76. The lowest BCUT2D eigenvalue weighted by Gasteiger charge is -2.31. The van der Waals surface area contributed by atoms with Crippen LogP contribution in [0.2, 0.25) is 0 Å². The fourth-order valence-electron chi connectivity index (χ4n) is 2.87. The first-order valence-electron chi connectivity index (χ1n) is 7.54. The quantitative estimate of drug-likeness (QED) is 0.936. The first kappa shape index (κ1) is 13.9. The van der Waals surface area contributed by atoms with Gasteiger partial charge in [0.2, 0.25) is 0 Å². The molecule has 0 unspecified atom stereocenters. The van der Waals surface area contributed by atoms with Crippen molar-refractivity contribution >= 4 is 22.8 Å². The predicted molar refractivity (Wildman–Crippen MR) is 80.6 cm³/mol. The van der Waals surface area contributed by atoms with Crippen LogP contribution in [-0.2, 0) is 11.2 Å². The molecule has 21 heavy (non-hydrogen) atoms. The summed E-state index contributed by atoms with van der Waals surface area (Å²) in [5.41, 5.74) is 2.81. The number of fused-ring (bicyclic) bond motifs is 1. The number of anilines is 1. The monoisotopic (exact) mass is 288 g/mol. The summed E-state index contributed by atoms with van der Waals surface area (Å²) < 4.78 is 5.69. The number of carboxylic acid groups (broad SMARTS) is 1. The van der Waals surface area contributed by atoms with Gasteiger partial charge in [-0.1, -0.05) is 6.92 Å². The molecule has 0 spiro atoms. The Balaban J connectivity index is 1.77. The molecular formula is C16H20N2O3. The molecule has 0 radical (unpaired) electrons. The van der Waals surface area contributed by atoms with Gasteiger partial charge in [-0.2, -0.15) is 0 Å². The summed E-state index contributed by atoms with van der Waals surface area (Å²) >= 11 is 0. The average Bonchev–Trinajstić information content (AvgIpc) is 2.89. The fourth-order valence-corrected chi connectivity index (χ4v) is 2.87. The molecule has 112 valence electrons. The van der Waals surface area contributed by atoms with Gasteiger partial charge in [-0.05, 0) is 37.5 Å². The molecule has 1 aliphatic rings. The lowest BCUT2D eigenvalue weighted by atomic mass is 9.97. The van der Waals surface area contributed by atoms with Crippen LogP contribution < -0.4 is 4.90 Å². The number of aliphatic carboxylic acids is 1. The summed E-state index contributed by atoms with van der Waals surface area (Å²) in [6, 6.07) is 6.03. The van der Waals surface area contributed by atoms with Gasteiger partial charge in [-0.3, -0.25) is 4.79 Å². The van der Waals surface area contributed by atoms with E-state index in [4.69, 9.17) is 9.52 Å². The van der Waals surface area contributed by atoms with Crippen LogP contribution in [0.1, 0.15) is 32.1 Å². The molecule has 5 heteroatoms. The van der Waals surface area contributed by atoms with E-state index in [0.717, 1.165) is 48.6 Å². The van der Waals surface area contributed by atoms with Crippen molar-refractivity contribution in [3.8, 4) is 0 Å². The van der Waals surface area contributed by atoms with Gasteiger partial charge in [0.1, 0.15) is 5.52 Å². The number of aromatic nitrogens is 1. The van der Waals surface area contributed by atoms with E-state index in [1.807, 2.05) is 18.2 Å². The number of rotatable bonds is 4. The van der Waals surface area contributed by atoms with Crippen molar-refractivity contribution in [2.45, 2.75) is 32.6 Å². The molecule has 1 saturated heterocycles. The number of aryl methyl sites for hydroxylation is 1. The minimum Gasteiger partial charge on any atom is -0.481 e. The van der Waals surface area contributed by atoms with E-state index in [2.05, 4.69) is 16.8 Å². The summed E-state index contributed by atoms with van der Waals surface area (Å²) in [6.45, 7) is 3.66.